The van der Waals surface area contributed by atoms with Crippen LogP contribution in [0.1, 0.15) is 37.9 Å². The normalized spacial score (nSPS) is 16.1. The van der Waals surface area contributed by atoms with E-state index in [0.29, 0.717) is 63.7 Å². The molecule has 4 heterocycles. The highest BCUT2D eigenvalue weighted by Gasteiger charge is 2.38. The fourth-order valence-electron chi connectivity index (χ4n) is 5.35. The fourth-order valence-corrected chi connectivity index (χ4v) is 5.65. The van der Waals surface area contributed by atoms with Crippen LogP contribution in [0.4, 0.5) is 27.6 Å². The molecule has 0 saturated heterocycles. The number of rotatable bonds is 5. The van der Waals surface area contributed by atoms with Gasteiger partial charge in [0.15, 0.2) is 5.15 Å². The van der Waals surface area contributed by atoms with Gasteiger partial charge in [-0.05, 0) is 60.9 Å². The summed E-state index contributed by atoms with van der Waals surface area (Å²) in [6, 6.07) is 14.0. The summed E-state index contributed by atoms with van der Waals surface area (Å²) in [6.07, 6.45) is 1.13. The molecule has 12 nitrogen and oxygen atoms in total. The first-order chi connectivity index (χ1) is 24.6. The van der Waals surface area contributed by atoms with Crippen LogP contribution in [0.15, 0.2) is 78.1 Å². The first-order valence-corrected chi connectivity index (χ1v) is 16.0. The monoisotopic (exact) mass is 765 g/mol. The van der Waals surface area contributed by atoms with Gasteiger partial charge in [0.2, 0.25) is 5.91 Å². The Bertz CT molecular complexity index is 2160. The number of anilines is 1. The van der Waals surface area contributed by atoms with Crippen LogP contribution in [0.25, 0.3) is 28.1 Å². The van der Waals surface area contributed by atoms with E-state index >= 15 is 0 Å². The maximum atomic E-state index is 13.7. The third-order valence-corrected chi connectivity index (χ3v) is 8.24. The Kier molecular flexibility index (Phi) is 11.5. The molecule has 1 amide bonds. The number of hydrogen-bond acceptors (Lipinski definition) is 8. The number of benzene rings is 2. The SMILES string of the molecule is C[C@@H]1CCC[C@H](n2cnc(-c3cc(Cl)ccc3-n3cc(Cl)nn3)cc2=O)c2cc(ccn2)-c2ccc(OC(F)F)cc2NC1=O.O=C(O)C(F)(F)F. The molecule has 19 heteroatoms. The quantitative estimate of drug-likeness (QED) is 0.174. The van der Waals surface area contributed by atoms with E-state index in [0.717, 1.165) is 0 Å². The molecule has 52 heavy (non-hydrogen) atoms. The van der Waals surface area contributed by atoms with E-state index in [9.17, 15) is 31.5 Å². The van der Waals surface area contributed by atoms with Crippen LogP contribution in [-0.4, -0.2) is 59.3 Å². The Balaban J connectivity index is 0.000000679. The number of aliphatic carboxylic acids is 1. The van der Waals surface area contributed by atoms with Gasteiger partial charge < -0.3 is 15.2 Å². The molecule has 0 radical (unpaired) electrons. The Morgan fingerprint density at radius 3 is 2.42 bits per heavy atom. The summed E-state index contributed by atoms with van der Waals surface area (Å²) < 4.78 is 65.2. The lowest BCUT2D eigenvalue weighted by Crippen LogP contribution is -2.27. The zero-order valence-electron chi connectivity index (χ0n) is 26.7. The number of nitrogens with one attached hydrogen (secondary N) is 1. The standard InChI is InChI=1S/C31H25Cl2F2N7O3.C2HF3O2/c1-17-3-2-4-27(25-11-18(9-10-36-25)21-7-6-20(45-31(34)35)13-24(21)38-30(17)44)41-16-37-23(14-29(41)43)22-12-19(32)5-8-26(22)42-15-28(33)39-40-42;3-2(4,5)1(6)7/h5-17,27,31H,2-4H2,1H3,(H,38,44);(H,6,7)/t17-,27+;/m1./s1. The summed E-state index contributed by atoms with van der Waals surface area (Å²) in [6.45, 7) is -1.22. The van der Waals surface area contributed by atoms with Crippen LogP contribution in [0.5, 0.6) is 5.75 Å². The molecule has 0 aliphatic carbocycles. The molecule has 0 unspecified atom stereocenters. The van der Waals surface area contributed by atoms with E-state index < -0.39 is 30.7 Å². The Hall–Kier alpha value is -5.42. The average molecular weight is 767 g/mol. The molecule has 2 N–H and O–H groups in total. The lowest BCUT2D eigenvalue weighted by Gasteiger charge is -2.23. The summed E-state index contributed by atoms with van der Waals surface area (Å²) in [4.78, 5) is 44.9. The number of carboxylic acid groups (broad SMARTS) is 1. The second kappa shape index (κ2) is 15.9. The van der Waals surface area contributed by atoms with Crippen molar-refractivity contribution in [2.75, 3.05) is 5.32 Å². The first-order valence-electron chi connectivity index (χ1n) is 15.2. The van der Waals surface area contributed by atoms with Crippen LogP contribution in [0.3, 0.4) is 0 Å². The second-order valence-corrected chi connectivity index (χ2v) is 12.2. The summed E-state index contributed by atoms with van der Waals surface area (Å²) in [5.74, 6) is -3.49. The molecule has 0 fully saturated rings. The summed E-state index contributed by atoms with van der Waals surface area (Å²) in [7, 11) is 0. The van der Waals surface area contributed by atoms with Crippen molar-refractivity contribution in [3.8, 4) is 33.8 Å². The second-order valence-electron chi connectivity index (χ2n) is 11.4. The number of hydrogen-bond donors (Lipinski definition) is 2. The van der Waals surface area contributed by atoms with Gasteiger partial charge in [0.05, 0.1) is 41.3 Å². The third kappa shape index (κ3) is 9.08. The van der Waals surface area contributed by atoms with Crippen LogP contribution < -0.4 is 15.6 Å². The predicted octanol–water partition coefficient (Wildman–Crippen LogP) is 7.44. The van der Waals surface area contributed by atoms with Crippen molar-refractivity contribution in [3.05, 3.63) is 99.5 Å². The minimum absolute atomic E-state index is 0.0801. The van der Waals surface area contributed by atoms with Gasteiger partial charge in [-0.3, -0.25) is 19.1 Å². The number of nitrogens with zero attached hydrogens (tertiary/aromatic N) is 6. The first kappa shape index (κ1) is 37.8. The highest BCUT2D eigenvalue weighted by Crippen LogP contribution is 2.36. The molecule has 2 bridgehead atoms. The molecule has 0 spiro atoms. The molecule has 272 valence electrons. The molecule has 1 aliphatic heterocycles. The number of carbonyl (C=O) groups excluding carboxylic acids is 1. The maximum Gasteiger partial charge on any atom is 0.490 e. The number of alkyl halides is 5. The number of pyridine rings is 1. The topological polar surface area (TPSA) is 154 Å². The van der Waals surface area contributed by atoms with Crippen molar-refractivity contribution in [1.29, 1.82) is 0 Å². The molecule has 1 aliphatic rings. The van der Waals surface area contributed by atoms with Gasteiger partial charge in [-0.25, -0.2) is 14.5 Å². The minimum atomic E-state index is -5.08. The van der Waals surface area contributed by atoms with Gasteiger partial charge in [-0.2, -0.15) is 22.0 Å². The van der Waals surface area contributed by atoms with Crippen molar-refractivity contribution in [2.45, 2.75) is 45.0 Å². The molecule has 0 saturated carbocycles. The molecule has 6 rings (SSSR count). The molecule has 5 aromatic rings. The van der Waals surface area contributed by atoms with Crippen molar-refractivity contribution < 1.29 is 41.4 Å². The van der Waals surface area contributed by atoms with Crippen molar-refractivity contribution in [1.82, 2.24) is 29.5 Å². The van der Waals surface area contributed by atoms with Gasteiger partial charge in [-0.15, -0.1) is 5.10 Å². The van der Waals surface area contributed by atoms with E-state index in [2.05, 4.69) is 30.3 Å². The highest BCUT2D eigenvalue weighted by atomic mass is 35.5. The Morgan fingerprint density at radius 1 is 1.02 bits per heavy atom. The van der Waals surface area contributed by atoms with Crippen molar-refractivity contribution in [2.24, 2.45) is 5.92 Å². The molecular formula is C33H26Cl2F5N7O5. The molecule has 3 aromatic heterocycles. The number of carboxylic acids is 1. The summed E-state index contributed by atoms with van der Waals surface area (Å²) in [5, 5.41) is 18.5. The molecule has 2 atom stereocenters. The van der Waals surface area contributed by atoms with Crippen molar-refractivity contribution >= 4 is 40.8 Å². The highest BCUT2D eigenvalue weighted by molar-refractivity contribution is 6.31. The van der Waals surface area contributed by atoms with E-state index in [-0.39, 0.29) is 22.4 Å². The van der Waals surface area contributed by atoms with Gasteiger partial charge in [-0.1, -0.05) is 41.8 Å². The number of aromatic nitrogens is 6. The number of fused-ring (bicyclic) bond motifs is 4. The Labute approximate surface area is 300 Å². The van der Waals surface area contributed by atoms with E-state index in [1.807, 2.05) is 6.07 Å². The van der Waals surface area contributed by atoms with Gasteiger partial charge >= 0.3 is 18.8 Å². The number of amides is 1. The number of carbonyl (C=O) groups is 2. The smallest absolute Gasteiger partial charge is 0.475 e. The zero-order valence-corrected chi connectivity index (χ0v) is 28.2. The lowest BCUT2D eigenvalue weighted by atomic mass is 9.95. The van der Waals surface area contributed by atoms with Crippen LogP contribution >= 0.6 is 23.2 Å². The number of ether oxygens (including phenoxy) is 1. The maximum absolute atomic E-state index is 13.7. The zero-order chi connectivity index (χ0) is 37.7. The Morgan fingerprint density at radius 2 is 1.77 bits per heavy atom. The van der Waals surface area contributed by atoms with Crippen molar-refractivity contribution in [3.63, 3.8) is 0 Å². The largest absolute Gasteiger partial charge is 0.490 e. The lowest BCUT2D eigenvalue weighted by molar-refractivity contribution is -0.192. The van der Waals surface area contributed by atoms with Gasteiger partial charge in [0.1, 0.15) is 5.75 Å². The minimum Gasteiger partial charge on any atom is -0.475 e. The van der Waals surface area contributed by atoms with E-state index in [1.165, 1.54) is 40.0 Å². The van der Waals surface area contributed by atoms with Crippen LogP contribution in [0, 0.1) is 5.92 Å². The number of halogens is 7. The van der Waals surface area contributed by atoms with Crippen LogP contribution in [-0.2, 0) is 9.59 Å². The van der Waals surface area contributed by atoms with Gasteiger partial charge in [0, 0.05) is 40.4 Å². The average Bonchev–Trinajstić information content (AvgIpc) is 3.52. The third-order valence-electron chi connectivity index (χ3n) is 7.83. The fraction of sp³-hybridized carbons (Fsp3) is 0.242. The van der Waals surface area contributed by atoms with Gasteiger partial charge in [0.25, 0.3) is 5.56 Å². The van der Waals surface area contributed by atoms with E-state index in [4.69, 9.17) is 33.1 Å². The molecule has 2 aromatic carbocycles. The summed E-state index contributed by atoms with van der Waals surface area (Å²) >= 11 is 12.3. The molecular weight excluding hydrogens is 740 g/mol. The van der Waals surface area contributed by atoms with Crippen LogP contribution in [0.2, 0.25) is 10.2 Å². The van der Waals surface area contributed by atoms with E-state index in [1.54, 1.807) is 43.5 Å². The predicted molar refractivity (Wildman–Crippen MR) is 179 cm³/mol. The summed E-state index contributed by atoms with van der Waals surface area (Å²) in [5.41, 5.74) is 3.36.